The van der Waals surface area contributed by atoms with Crippen molar-refractivity contribution in [1.29, 1.82) is 0 Å². The van der Waals surface area contributed by atoms with Gasteiger partial charge in [-0.05, 0) is 37.7 Å². The summed E-state index contributed by atoms with van der Waals surface area (Å²) in [5.41, 5.74) is 3.25. The van der Waals surface area contributed by atoms with Crippen molar-refractivity contribution < 1.29 is 0 Å². The minimum absolute atomic E-state index is 0.324. The highest BCUT2D eigenvalue weighted by Crippen LogP contribution is 2.18. The Morgan fingerprint density at radius 3 is 2.60 bits per heavy atom. The van der Waals surface area contributed by atoms with Crippen molar-refractivity contribution in [1.82, 2.24) is 15.3 Å². The van der Waals surface area contributed by atoms with Crippen molar-refractivity contribution >= 4 is 5.69 Å². The zero-order valence-electron chi connectivity index (χ0n) is 12.4. The highest BCUT2D eigenvalue weighted by Gasteiger charge is 2.09. The third-order valence-electron chi connectivity index (χ3n) is 3.45. The average molecular weight is 270 g/mol. The SMILES string of the molecule is CCC(NC)c1ccc(N(C)Cc2ccccn2)cn1. The Balaban J connectivity index is 2.06. The molecule has 1 unspecified atom stereocenters. The van der Waals surface area contributed by atoms with E-state index < -0.39 is 0 Å². The van der Waals surface area contributed by atoms with E-state index in [1.165, 1.54) is 0 Å². The van der Waals surface area contributed by atoms with Crippen LogP contribution in [0.1, 0.15) is 30.8 Å². The molecule has 0 amide bonds. The molecule has 0 saturated carbocycles. The molecule has 20 heavy (non-hydrogen) atoms. The third kappa shape index (κ3) is 3.54. The highest BCUT2D eigenvalue weighted by molar-refractivity contribution is 5.44. The summed E-state index contributed by atoms with van der Waals surface area (Å²) in [6, 6.07) is 10.5. The second-order valence-corrected chi connectivity index (χ2v) is 4.87. The van der Waals surface area contributed by atoms with E-state index in [0.717, 1.165) is 30.0 Å². The molecule has 4 nitrogen and oxygen atoms in total. The molecular formula is C16H22N4. The monoisotopic (exact) mass is 270 g/mol. The van der Waals surface area contributed by atoms with Crippen LogP contribution in [0.3, 0.4) is 0 Å². The third-order valence-corrected chi connectivity index (χ3v) is 3.45. The molecule has 0 aliphatic carbocycles. The van der Waals surface area contributed by atoms with Crippen LogP contribution in [0, 0.1) is 0 Å². The lowest BCUT2D eigenvalue weighted by molar-refractivity contribution is 0.561. The molecule has 0 radical (unpaired) electrons. The van der Waals surface area contributed by atoms with Crippen LogP contribution in [-0.2, 0) is 6.54 Å². The number of nitrogens with one attached hydrogen (secondary N) is 1. The maximum absolute atomic E-state index is 4.56. The molecule has 2 aromatic rings. The van der Waals surface area contributed by atoms with Crippen LogP contribution in [0.2, 0.25) is 0 Å². The second-order valence-electron chi connectivity index (χ2n) is 4.87. The van der Waals surface area contributed by atoms with Crippen molar-refractivity contribution in [2.45, 2.75) is 25.9 Å². The van der Waals surface area contributed by atoms with Crippen LogP contribution in [0.25, 0.3) is 0 Å². The number of aromatic nitrogens is 2. The number of rotatable bonds is 6. The minimum atomic E-state index is 0.324. The van der Waals surface area contributed by atoms with Gasteiger partial charge in [0.2, 0.25) is 0 Å². The topological polar surface area (TPSA) is 41.0 Å². The highest BCUT2D eigenvalue weighted by atomic mass is 15.1. The predicted octanol–water partition coefficient (Wildman–Crippen LogP) is 2.78. The van der Waals surface area contributed by atoms with Gasteiger partial charge >= 0.3 is 0 Å². The molecular weight excluding hydrogens is 248 g/mol. The van der Waals surface area contributed by atoms with Crippen LogP contribution >= 0.6 is 0 Å². The molecule has 2 aromatic heterocycles. The first-order chi connectivity index (χ1) is 9.74. The summed E-state index contributed by atoms with van der Waals surface area (Å²) in [5, 5.41) is 3.27. The summed E-state index contributed by atoms with van der Waals surface area (Å²) in [5.74, 6) is 0. The van der Waals surface area contributed by atoms with Gasteiger partial charge in [-0.15, -0.1) is 0 Å². The molecule has 2 rings (SSSR count). The normalized spacial score (nSPS) is 12.2. The van der Waals surface area contributed by atoms with E-state index in [9.17, 15) is 0 Å². The zero-order chi connectivity index (χ0) is 14.4. The van der Waals surface area contributed by atoms with E-state index in [-0.39, 0.29) is 0 Å². The van der Waals surface area contributed by atoms with E-state index >= 15 is 0 Å². The molecule has 1 N–H and O–H groups in total. The Labute approximate surface area is 120 Å². The molecule has 0 saturated heterocycles. The lowest BCUT2D eigenvalue weighted by Gasteiger charge is -2.20. The zero-order valence-corrected chi connectivity index (χ0v) is 12.4. The number of hydrogen-bond donors (Lipinski definition) is 1. The fourth-order valence-electron chi connectivity index (χ4n) is 2.22. The van der Waals surface area contributed by atoms with E-state index in [0.29, 0.717) is 6.04 Å². The smallest absolute Gasteiger partial charge is 0.0599 e. The minimum Gasteiger partial charge on any atom is -0.367 e. The van der Waals surface area contributed by atoms with E-state index in [2.05, 4.69) is 46.3 Å². The van der Waals surface area contributed by atoms with Crippen LogP contribution in [0.4, 0.5) is 5.69 Å². The van der Waals surface area contributed by atoms with E-state index in [4.69, 9.17) is 0 Å². The second kappa shape index (κ2) is 7.01. The number of hydrogen-bond acceptors (Lipinski definition) is 4. The molecule has 0 aliphatic rings. The maximum atomic E-state index is 4.56. The summed E-state index contributed by atoms with van der Waals surface area (Å²) in [4.78, 5) is 11.1. The van der Waals surface area contributed by atoms with Crippen molar-refractivity contribution in [3.8, 4) is 0 Å². The largest absolute Gasteiger partial charge is 0.367 e. The average Bonchev–Trinajstić information content (AvgIpc) is 2.50. The summed E-state index contributed by atoms with van der Waals surface area (Å²) < 4.78 is 0. The molecule has 0 spiro atoms. The van der Waals surface area contributed by atoms with Crippen molar-refractivity contribution in [2.24, 2.45) is 0 Å². The van der Waals surface area contributed by atoms with Gasteiger partial charge in [0.15, 0.2) is 0 Å². The van der Waals surface area contributed by atoms with Gasteiger partial charge in [-0.1, -0.05) is 13.0 Å². The van der Waals surface area contributed by atoms with Gasteiger partial charge in [0, 0.05) is 19.3 Å². The van der Waals surface area contributed by atoms with Gasteiger partial charge in [-0.25, -0.2) is 0 Å². The van der Waals surface area contributed by atoms with Gasteiger partial charge in [0.05, 0.1) is 29.8 Å². The van der Waals surface area contributed by atoms with Gasteiger partial charge in [0.25, 0.3) is 0 Å². The standard InChI is InChI=1S/C16H22N4/c1-4-15(17-2)16-9-8-14(11-19-16)20(3)12-13-7-5-6-10-18-13/h5-11,15,17H,4,12H2,1-3H3. The maximum Gasteiger partial charge on any atom is 0.0599 e. The van der Waals surface area contributed by atoms with Gasteiger partial charge < -0.3 is 10.2 Å². The molecule has 106 valence electrons. The lowest BCUT2D eigenvalue weighted by Crippen LogP contribution is -2.19. The fraction of sp³-hybridized carbons (Fsp3) is 0.375. The Kier molecular flexibility index (Phi) is 5.07. The van der Waals surface area contributed by atoms with Crippen molar-refractivity contribution in [3.05, 3.63) is 54.1 Å². The fourth-order valence-corrected chi connectivity index (χ4v) is 2.22. The van der Waals surface area contributed by atoms with Gasteiger partial charge in [0.1, 0.15) is 0 Å². The Bertz CT molecular complexity index is 506. The summed E-state index contributed by atoms with van der Waals surface area (Å²) in [6.07, 6.45) is 4.79. The summed E-state index contributed by atoms with van der Waals surface area (Å²) >= 11 is 0. The van der Waals surface area contributed by atoms with E-state index in [1.807, 2.05) is 37.6 Å². The van der Waals surface area contributed by atoms with Crippen LogP contribution in [0.15, 0.2) is 42.7 Å². The van der Waals surface area contributed by atoms with Gasteiger partial charge in [-0.3, -0.25) is 9.97 Å². The lowest BCUT2D eigenvalue weighted by atomic mass is 10.1. The Morgan fingerprint density at radius 1 is 1.20 bits per heavy atom. The predicted molar refractivity (Wildman–Crippen MR) is 82.7 cm³/mol. The van der Waals surface area contributed by atoms with Crippen LogP contribution < -0.4 is 10.2 Å². The number of anilines is 1. The van der Waals surface area contributed by atoms with Crippen molar-refractivity contribution in [3.63, 3.8) is 0 Å². The number of nitrogens with zero attached hydrogens (tertiary/aromatic N) is 3. The quantitative estimate of drug-likeness (QED) is 0.876. The molecule has 1 atom stereocenters. The summed E-state index contributed by atoms with van der Waals surface area (Å²) in [7, 11) is 4.03. The molecule has 0 bridgehead atoms. The summed E-state index contributed by atoms with van der Waals surface area (Å²) in [6.45, 7) is 2.94. The van der Waals surface area contributed by atoms with Gasteiger partial charge in [-0.2, -0.15) is 0 Å². The molecule has 0 aliphatic heterocycles. The van der Waals surface area contributed by atoms with Crippen molar-refractivity contribution in [2.75, 3.05) is 19.0 Å². The van der Waals surface area contributed by atoms with Crippen LogP contribution in [-0.4, -0.2) is 24.1 Å². The Hall–Kier alpha value is -1.94. The Morgan fingerprint density at radius 2 is 2.05 bits per heavy atom. The van der Waals surface area contributed by atoms with Crippen LogP contribution in [0.5, 0.6) is 0 Å². The first-order valence-electron chi connectivity index (χ1n) is 6.98. The molecule has 2 heterocycles. The first kappa shape index (κ1) is 14.5. The number of pyridine rings is 2. The molecule has 4 heteroatoms. The van der Waals surface area contributed by atoms with E-state index in [1.54, 1.807) is 0 Å². The molecule has 0 aromatic carbocycles. The first-order valence-corrected chi connectivity index (χ1v) is 6.98. The molecule has 0 fully saturated rings.